The molecule has 0 aliphatic heterocycles. The molecule has 0 saturated carbocycles. The zero-order valence-electron chi connectivity index (χ0n) is 12.2. The molecule has 5 heteroatoms. The van der Waals surface area contributed by atoms with Gasteiger partial charge < -0.3 is 15.0 Å². The summed E-state index contributed by atoms with van der Waals surface area (Å²) in [6, 6.07) is 8.39. The van der Waals surface area contributed by atoms with Crippen LogP contribution in [0.2, 0.25) is 0 Å². The average molecular weight is 290 g/mol. The van der Waals surface area contributed by atoms with Crippen LogP contribution in [-0.2, 0) is 17.7 Å². The number of esters is 1. The zero-order valence-corrected chi connectivity index (χ0v) is 12.2. The van der Waals surface area contributed by atoms with Gasteiger partial charge in [0.25, 0.3) is 0 Å². The van der Waals surface area contributed by atoms with Crippen LogP contribution in [0.5, 0.6) is 0 Å². The van der Waals surface area contributed by atoms with Crippen molar-refractivity contribution in [2.24, 2.45) is 0 Å². The number of aromatic amines is 1. The van der Waals surface area contributed by atoms with Gasteiger partial charge in [0, 0.05) is 12.2 Å². The Morgan fingerprint density at radius 2 is 2.14 bits per heavy atom. The average Bonchev–Trinajstić information content (AvgIpc) is 2.93. The number of aromatic nitrogens is 1. The number of nitrogens with one attached hydrogen (secondary N) is 2. The van der Waals surface area contributed by atoms with Crippen LogP contribution < -0.4 is 5.32 Å². The molecule has 0 fully saturated rings. The quantitative estimate of drug-likeness (QED) is 0.635. The third-order valence-corrected chi connectivity index (χ3v) is 3.34. The van der Waals surface area contributed by atoms with Crippen molar-refractivity contribution in [3.63, 3.8) is 0 Å². The zero-order chi connectivity index (χ0) is 15.2. The summed E-state index contributed by atoms with van der Waals surface area (Å²) in [5.41, 5.74) is 3.46. The molecule has 2 rings (SSSR count). The lowest BCUT2D eigenvalue weighted by molar-refractivity contribution is 0.0594. The molecule has 0 aliphatic carbocycles. The molecule has 0 atom stereocenters. The topological polar surface area (TPSA) is 54.1 Å². The van der Waals surface area contributed by atoms with Gasteiger partial charge in [0.05, 0.1) is 7.11 Å². The number of aryl methyl sites for hydroxylation is 1. The van der Waals surface area contributed by atoms with E-state index in [0.29, 0.717) is 12.2 Å². The molecule has 1 aromatic heterocycles. The predicted octanol–water partition coefficient (Wildman–Crippen LogP) is 2.58. The Morgan fingerprint density at radius 3 is 2.86 bits per heavy atom. The summed E-state index contributed by atoms with van der Waals surface area (Å²) in [5.74, 6) is -0.575. The largest absolute Gasteiger partial charge is 0.464 e. The molecule has 4 nitrogen and oxygen atoms in total. The standard InChI is InChI=1S/C16H19FN2O2/c1-11-9-13(17)4-3-12(11)7-8-18-10-14-5-6-15(19-14)16(20)21-2/h3-6,9,18-19H,7-8,10H2,1-2H3. The molecule has 2 N–H and O–H groups in total. The van der Waals surface area contributed by atoms with E-state index in [1.165, 1.54) is 13.2 Å². The minimum atomic E-state index is -0.372. The number of hydrogen-bond acceptors (Lipinski definition) is 3. The maximum absolute atomic E-state index is 13.0. The van der Waals surface area contributed by atoms with Crippen molar-refractivity contribution in [1.82, 2.24) is 10.3 Å². The van der Waals surface area contributed by atoms with Crippen molar-refractivity contribution in [2.45, 2.75) is 19.9 Å². The van der Waals surface area contributed by atoms with E-state index >= 15 is 0 Å². The van der Waals surface area contributed by atoms with Crippen molar-refractivity contribution in [1.29, 1.82) is 0 Å². The highest BCUT2D eigenvalue weighted by molar-refractivity contribution is 5.87. The molecule has 0 unspecified atom stereocenters. The maximum Gasteiger partial charge on any atom is 0.354 e. The molecule has 0 amide bonds. The molecule has 21 heavy (non-hydrogen) atoms. The molecular weight excluding hydrogens is 271 g/mol. The van der Waals surface area contributed by atoms with Crippen LogP contribution >= 0.6 is 0 Å². The highest BCUT2D eigenvalue weighted by Crippen LogP contribution is 2.10. The summed E-state index contributed by atoms with van der Waals surface area (Å²) in [6.07, 6.45) is 0.830. The molecule has 0 radical (unpaired) electrons. The van der Waals surface area contributed by atoms with Gasteiger partial charge in [-0.3, -0.25) is 0 Å². The smallest absolute Gasteiger partial charge is 0.354 e. The van der Waals surface area contributed by atoms with Gasteiger partial charge in [0.2, 0.25) is 0 Å². The third-order valence-electron chi connectivity index (χ3n) is 3.34. The predicted molar refractivity (Wildman–Crippen MR) is 78.7 cm³/mol. The normalized spacial score (nSPS) is 10.6. The SMILES string of the molecule is COC(=O)c1ccc(CNCCc2ccc(F)cc2C)[nH]1. The number of halogens is 1. The van der Waals surface area contributed by atoms with Crippen molar-refractivity contribution < 1.29 is 13.9 Å². The second kappa shape index (κ2) is 7.04. The van der Waals surface area contributed by atoms with E-state index in [4.69, 9.17) is 0 Å². The van der Waals surface area contributed by atoms with E-state index in [-0.39, 0.29) is 11.8 Å². The highest BCUT2D eigenvalue weighted by Gasteiger charge is 2.07. The first-order chi connectivity index (χ1) is 10.1. The molecule has 1 aromatic carbocycles. The van der Waals surface area contributed by atoms with E-state index in [1.54, 1.807) is 12.1 Å². The highest BCUT2D eigenvalue weighted by atomic mass is 19.1. The summed E-state index contributed by atoms with van der Waals surface area (Å²) in [7, 11) is 1.35. The first kappa shape index (κ1) is 15.3. The summed E-state index contributed by atoms with van der Waals surface area (Å²) in [5, 5.41) is 3.29. The molecule has 0 spiro atoms. The van der Waals surface area contributed by atoms with Crippen LogP contribution in [0.15, 0.2) is 30.3 Å². The lowest BCUT2D eigenvalue weighted by Crippen LogP contribution is -2.17. The fourth-order valence-corrected chi connectivity index (χ4v) is 2.16. The van der Waals surface area contributed by atoms with Crippen LogP contribution in [0.3, 0.4) is 0 Å². The second-order valence-corrected chi connectivity index (χ2v) is 4.89. The number of carbonyl (C=O) groups is 1. The third kappa shape index (κ3) is 4.16. The van der Waals surface area contributed by atoms with Gasteiger partial charge in [0.15, 0.2) is 0 Å². The fourth-order valence-electron chi connectivity index (χ4n) is 2.16. The van der Waals surface area contributed by atoms with E-state index in [1.807, 2.05) is 19.1 Å². The molecule has 1 heterocycles. The summed E-state index contributed by atoms with van der Waals surface area (Å²) >= 11 is 0. The number of methoxy groups -OCH3 is 1. The summed E-state index contributed by atoms with van der Waals surface area (Å²) in [4.78, 5) is 14.3. The van der Waals surface area contributed by atoms with E-state index in [9.17, 15) is 9.18 Å². The van der Waals surface area contributed by atoms with Gasteiger partial charge in [-0.05, 0) is 55.3 Å². The van der Waals surface area contributed by atoms with Gasteiger partial charge in [0.1, 0.15) is 11.5 Å². The fraction of sp³-hybridized carbons (Fsp3) is 0.312. The van der Waals surface area contributed by atoms with Gasteiger partial charge in [-0.2, -0.15) is 0 Å². The van der Waals surface area contributed by atoms with Crippen LogP contribution in [0, 0.1) is 12.7 Å². The van der Waals surface area contributed by atoms with E-state index in [0.717, 1.165) is 29.8 Å². The second-order valence-electron chi connectivity index (χ2n) is 4.89. The van der Waals surface area contributed by atoms with Gasteiger partial charge >= 0.3 is 5.97 Å². The molecule has 2 aromatic rings. The lowest BCUT2D eigenvalue weighted by atomic mass is 10.1. The van der Waals surface area contributed by atoms with Crippen LogP contribution in [0.25, 0.3) is 0 Å². The summed E-state index contributed by atoms with van der Waals surface area (Å²) < 4.78 is 17.6. The van der Waals surface area contributed by atoms with E-state index in [2.05, 4.69) is 15.0 Å². The molecular formula is C16H19FN2O2. The number of carbonyl (C=O) groups excluding carboxylic acids is 1. The van der Waals surface area contributed by atoms with Gasteiger partial charge in [-0.1, -0.05) is 6.07 Å². The number of ether oxygens (including phenoxy) is 1. The van der Waals surface area contributed by atoms with Crippen LogP contribution in [-0.4, -0.2) is 24.6 Å². The Bertz CT molecular complexity index is 622. The first-order valence-electron chi connectivity index (χ1n) is 6.82. The number of benzene rings is 1. The molecule has 112 valence electrons. The molecule has 0 aliphatic rings. The summed E-state index contributed by atoms with van der Waals surface area (Å²) in [6.45, 7) is 3.32. The van der Waals surface area contributed by atoms with Gasteiger partial charge in [-0.15, -0.1) is 0 Å². The number of hydrogen-bond donors (Lipinski definition) is 2. The Morgan fingerprint density at radius 1 is 1.33 bits per heavy atom. The minimum absolute atomic E-state index is 0.203. The number of rotatable bonds is 6. The minimum Gasteiger partial charge on any atom is -0.464 e. The first-order valence-corrected chi connectivity index (χ1v) is 6.82. The van der Waals surface area contributed by atoms with Gasteiger partial charge in [-0.25, -0.2) is 9.18 Å². The van der Waals surface area contributed by atoms with Crippen molar-refractivity contribution in [3.8, 4) is 0 Å². The Balaban J connectivity index is 1.79. The Kier molecular flexibility index (Phi) is 5.11. The molecule has 0 saturated heterocycles. The lowest BCUT2D eigenvalue weighted by Gasteiger charge is -2.07. The monoisotopic (exact) mass is 290 g/mol. The number of H-pyrrole nitrogens is 1. The van der Waals surface area contributed by atoms with Crippen molar-refractivity contribution in [2.75, 3.05) is 13.7 Å². The molecule has 0 bridgehead atoms. The van der Waals surface area contributed by atoms with Crippen LogP contribution in [0.1, 0.15) is 27.3 Å². The Labute approximate surface area is 123 Å². The van der Waals surface area contributed by atoms with Crippen molar-refractivity contribution >= 4 is 5.97 Å². The van der Waals surface area contributed by atoms with E-state index < -0.39 is 0 Å². The Hall–Kier alpha value is -2.14. The van der Waals surface area contributed by atoms with Crippen LogP contribution in [0.4, 0.5) is 4.39 Å². The maximum atomic E-state index is 13.0. The van der Waals surface area contributed by atoms with Crippen molar-refractivity contribution in [3.05, 3.63) is 58.7 Å².